The summed E-state index contributed by atoms with van der Waals surface area (Å²) >= 11 is 5.87. The van der Waals surface area contributed by atoms with E-state index in [0.29, 0.717) is 12.0 Å². The lowest BCUT2D eigenvalue weighted by atomic mass is 10.1. The molecule has 0 saturated heterocycles. The van der Waals surface area contributed by atoms with Crippen molar-refractivity contribution in [3.63, 3.8) is 0 Å². The lowest BCUT2D eigenvalue weighted by molar-refractivity contribution is -0.132. The molecule has 3 rings (SSSR count). The Morgan fingerprint density at radius 3 is 2.63 bits per heavy atom. The standard InChI is InChI=1S/C15H15ClN2O/c16-11-3-1-10(2-4-11)13-9-14(13)15(19)18(8-7-17)12-5-6-12/h1-4,12-14H,5-6,8-9H2/t13-,14+/m1/s1. The summed E-state index contributed by atoms with van der Waals surface area (Å²) in [6.45, 7) is 0.230. The first-order valence-corrected chi connectivity index (χ1v) is 7.01. The van der Waals surface area contributed by atoms with E-state index in [1.807, 2.05) is 24.3 Å². The highest BCUT2D eigenvalue weighted by molar-refractivity contribution is 6.30. The van der Waals surface area contributed by atoms with Crippen LogP contribution < -0.4 is 0 Å². The molecule has 2 saturated carbocycles. The van der Waals surface area contributed by atoms with Crippen LogP contribution in [-0.2, 0) is 4.79 Å². The molecule has 0 bridgehead atoms. The first-order chi connectivity index (χ1) is 9.20. The van der Waals surface area contributed by atoms with Crippen molar-refractivity contribution in [1.29, 1.82) is 5.26 Å². The van der Waals surface area contributed by atoms with Gasteiger partial charge in [-0.1, -0.05) is 23.7 Å². The third-order valence-electron chi connectivity index (χ3n) is 3.92. The van der Waals surface area contributed by atoms with Crippen LogP contribution in [0.1, 0.15) is 30.7 Å². The summed E-state index contributed by atoms with van der Waals surface area (Å²) in [7, 11) is 0. The fraction of sp³-hybridized carbons (Fsp3) is 0.467. The second-order valence-electron chi connectivity index (χ2n) is 5.36. The van der Waals surface area contributed by atoms with E-state index in [0.717, 1.165) is 24.3 Å². The Kier molecular flexibility index (Phi) is 3.20. The summed E-state index contributed by atoms with van der Waals surface area (Å²) in [5.74, 6) is 0.531. The SMILES string of the molecule is N#CCN(C(=O)[C@H]1C[C@@H]1c1ccc(Cl)cc1)C1CC1. The van der Waals surface area contributed by atoms with Gasteiger partial charge in [-0.15, -0.1) is 0 Å². The van der Waals surface area contributed by atoms with Crippen LogP contribution in [0.3, 0.4) is 0 Å². The van der Waals surface area contributed by atoms with Crippen molar-refractivity contribution >= 4 is 17.5 Å². The Balaban J connectivity index is 1.66. The number of nitriles is 1. The number of carbonyl (C=O) groups excluding carboxylic acids is 1. The van der Waals surface area contributed by atoms with Gasteiger partial charge in [0.25, 0.3) is 0 Å². The zero-order valence-corrected chi connectivity index (χ0v) is 11.3. The van der Waals surface area contributed by atoms with Crippen LogP contribution in [0.5, 0.6) is 0 Å². The van der Waals surface area contributed by atoms with Crippen LogP contribution >= 0.6 is 11.6 Å². The van der Waals surface area contributed by atoms with E-state index >= 15 is 0 Å². The van der Waals surface area contributed by atoms with Gasteiger partial charge < -0.3 is 4.90 Å². The van der Waals surface area contributed by atoms with Crippen molar-refractivity contribution in [2.24, 2.45) is 5.92 Å². The van der Waals surface area contributed by atoms with Crippen molar-refractivity contribution in [2.75, 3.05) is 6.54 Å². The smallest absolute Gasteiger partial charge is 0.227 e. The minimum absolute atomic E-state index is 0.0649. The summed E-state index contributed by atoms with van der Waals surface area (Å²) in [6, 6.07) is 10.1. The highest BCUT2D eigenvalue weighted by Crippen LogP contribution is 2.49. The Bertz CT molecular complexity index is 530. The van der Waals surface area contributed by atoms with Gasteiger partial charge in [-0.2, -0.15) is 5.26 Å². The number of amides is 1. The molecule has 0 heterocycles. The van der Waals surface area contributed by atoms with Crippen LogP contribution in [0.15, 0.2) is 24.3 Å². The molecule has 2 aliphatic rings. The summed E-state index contributed by atoms with van der Waals surface area (Å²) in [4.78, 5) is 14.1. The second kappa shape index (κ2) is 4.86. The molecular formula is C15H15ClN2O. The van der Waals surface area contributed by atoms with Gasteiger partial charge in [0.05, 0.1) is 6.07 Å². The van der Waals surface area contributed by atoms with Crippen LogP contribution in [0.4, 0.5) is 0 Å². The zero-order valence-electron chi connectivity index (χ0n) is 10.6. The second-order valence-corrected chi connectivity index (χ2v) is 5.79. The quantitative estimate of drug-likeness (QED) is 0.793. The Morgan fingerprint density at radius 2 is 2.05 bits per heavy atom. The molecule has 19 heavy (non-hydrogen) atoms. The molecule has 2 fully saturated rings. The summed E-state index contributed by atoms with van der Waals surface area (Å²) < 4.78 is 0. The van der Waals surface area contributed by atoms with Gasteiger partial charge in [0.2, 0.25) is 5.91 Å². The lowest BCUT2D eigenvalue weighted by Crippen LogP contribution is -2.34. The minimum atomic E-state index is 0.0649. The predicted molar refractivity (Wildman–Crippen MR) is 72.6 cm³/mol. The lowest BCUT2D eigenvalue weighted by Gasteiger charge is -2.19. The average molecular weight is 275 g/mol. The fourth-order valence-corrected chi connectivity index (χ4v) is 2.73. The molecule has 0 N–H and O–H groups in total. The van der Waals surface area contributed by atoms with Crippen molar-refractivity contribution in [2.45, 2.75) is 31.2 Å². The first-order valence-electron chi connectivity index (χ1n) is 6.63. The maximum atomic E-state index is 12.4. The van der Waals surface area contributed by atoms with Crippen molar-refractivity contribution < 1.29 is 4.79 Å². The molecule has 1 amide bonds. The van der Waals surface area contributed by atoms with Gasteiger partial charge in [0.15, 0.2) is 0 Å². The maximum Gasteiger partial charge on any atom is 0.227 e. The van der Waals surface area contributed by atoms with Crippen LogP contribution in [0, 0.1) is 17.2 Å². The van der Waals surface area contributed by atoms with Crippen molar-refractivity contribution in [1.82, 2.24) is 4.90 Å². The van der Waals surface area contributed by atoms with Crippen LogP contribution in [0.2, 0.25) is 5.02 Å². The van der Waals surface area contributed by atoms with E-state index in [1.165, 1.54) is 5.56 Å². The van der Waals surface area contributed by atoms with Gasteiger partial charge in [0.1, 0.15) is 6.54 Å². The third-order valence-corrected chi connectivity index (χ3v) is 4.17. The molecule has 2 aliphatic carbocycles. The van der Waals surface area contributed by atoms with Crippen molar-refractivity contribution in [3.05, 3.63) is 34.9 Å². The van der Waals surface area contributed by atoms with E-state index in [-0.39, 0.29) is 18.4 Å². The third kappa shape index (κ3) is 2.59. The maximum absolute atomic E-state index is 12.4. The zero-order chi connectivity index (χ0) is 13.4. The molecular weight excluding hydrogens is 260 g/mol. The van der Waals surface area contributed by atoms with E-state index in [9.17, 15) is 4.79 Å². The van der Waals surface area contributed by atoms with Gasteiger partial charge in [-0.05, 0) is 42.9 Å². The number of hydrogen-bond acceptors (Lipinski definition) is 2. The summed E-state index contributed by atoms with van der Waals surface area (Å²) in [5.41, 5.74) is 1.18. The highest BCUT2D eigenvalue weighted by Gasteiger charge is 2.48. The number of benzene rings is 1. The molecule has 1 aromatic rings. The minimum Gasteiger partial charge on any atom is -0.326 e. The number of halogens is 1. The summed E-state index contributed by atoms with van der Waals surface area (Å²) in [6.07, 6.45) is 2.99. The first kappa shape index (κ1) is 12.5. The van der Waals surface area contributed by atoms with Gasteiger partial charge in [-0.3, -0.25) is 4.79 Å². The van der Waals surface area contributed by atoms with E-state index < -0.39 is 0 Å². The Morgan fingerprint density at radius 1 is 1.37 bits per heavy atom. The fourth-order valence-electron chi connectivity index (χ4n) is 2.61. The van der Waals surface area contributed by atoms with Crippen LogP contribution in [0.25, 0.3) is 0 Å². The molecule has 1 aromatic carbocycles. The topological polar surface area (TPSA) is 44.1 Å². The van der Waals surface area contributed by atoms with Crippen molar-refractivity contribution in [3.8, 4) is 6.07 Å². The van der Waals surface area contributed by atoms with Gasteiger partial charge >= 0.3 is 0 Å². The molecule has 0 aliphatic heterocycles. The van der Waals surface area contributed by atoms with Crippen LogP contribution in [-0.4, -0.2) is 23.4 Å². The molecule has 98 valence electrons. The number of carbonyl (C=O) groups is 1. The Labute approximate surface area is 117 Å². The molecule has 0 spiro atoms. The van der Waals surface area contributed by atoms with E-state index in [4.69, 9.17) is 16.9 Å². The largest absolute Gasteiger partial charge is 0.326 e. The predicted octanol–water partition coefficient (Wildman–Crippen LogP) is 2.96. The number of nitrogens with zero attached hydrogens (tertiary/aromatic N) is 2. The van der Waals surface area contributed by atoms with Gasteiger partial charge in [0, 0.05) is 17.0 Å². The molecule has 0 radical (unpaired) electrons. The van der Waals surface area contributed by atoms with Gasteiger partial charge in [-0.25, -0.2) is 0 Å². The molecule has 3 nitrogen and oxygen atoms in total. The van der Waals surface area contributed by atoms with E-state index in [1.54, 1.807) is 4.90 Å². The number of hydrogen-bond donors (Lipinski definition) is 0. The molecule has 0 aromatic heterocycles. The molecule has 4 heteroatoms. The molecule has 0 unspecified atom stereocenters. The average Bonchev–Trinajstić information content (AvgIpc) is 3.28. The number of rotatable bonds is 4. The highest BCUT2D eigenvalue weighted by atomic mass is 35.5. The monoisotopic (exact) mass is 274 g/mol. The van der Waals surface area contributed by atoms with E-state index in [2.05, 4.69) is 6.07 Å². The normalized spacial score (nSPS) is 24.6. The molecule has 2 atom stereocenters. The summed E-state index contributed by atoms with van der Waals surface area (Å²) in [5, 5.41) is 9.54. The Hall–Kier alpha value is -1.53.